The summed E-state index contributed by atoms with van der Waals surface area (Å²) in [4.78, 5) is 18.7. The average Bonchev–Trinajstić information content (AvgIpc) is 3.27. The lowest BCUT2D eigenvalue weighted by atomic mass is 9.97. The molecule has 1 aromatic heterocycles. The van der Waals surface area contributed by atoms with E-state index in [1.165, 1.54) is 0 Å². The molecule has 0 radical (unpaired) electrons. The van der Waals surface area contributed by atoms with Crippen LogP contribution in [-0.2, 0) is 9.47 Å². The van der Waals surface area contributed by atoms with Gasteiger partial charge >= 0.3 is 6.03 Å². The van der Waals surface area contributed by atoms with Crippen molar-refractivity contribution in [1.82, 2.24) is 20.5 Å². The summed E-state index contributed by atoms with van der Waals surface area (Å²) in [5.41, 5.74) is 0.485. The van der Waals surface area contributed by atoms with Crippen LogP contribution >= 0.6 is 0 Å². The highest BCUT2D eigenvalue weighted by Gasteiger charge is 2.31. The Morgan fingerprint density at radius 3 is 2.89 bits per heavy atom. The molecular weight excluding hydrogens is 360 g/mol. The Kier molecular flexibility index (Phi) is 7.84. The number of ether oxygens (including phenoxy) is 2. The molecule has 28 heavy (non-hydrogen) atoms. The van der Waals surface area contributed by atoms with Gasteiger partial charge in [-0.15, -0.1) is 0 Å². The number of hydrogen-bond acceptors (Lipinski definition) is 7. The number of nitriles is 1. The SMILES string of the molecule is N#Cc1cccnc1NCCNC(=O)NCC(C1CCOC1)N1CCOCC1. The lowest BCUT2D eigenvalue weighted by molar-refractivity contribution is 0.00213. The number of anilines is 1. The number of carbonyl (C=O) groups is 1. The Morgan fingerprint density at radius 2 is 2.14 bits per heavy atom. The molecule has 3 rings (SSSR count). The number of rotatable bonds is 8. The van der Waals surface area contributed by atoms with Crippen molar-refractivity contribution >= 4 is 11.8 Å². The number of amides is 2. The van der Waals surface area contributed by atoms with E-state index in [4.69, 9.17) is 14.7 Å². The molecular formula is C19H28N6O3. The molecule has 0 saturated carbocycles. The van der Waals surface area contributed by atoms with Crippen LogP contribution in [-0.4, -0.2) is 81.1 Å². The predicted molar refractivity (Wildman–Crippen MR) is 104 cm³/mol. The Morgan fingerprint density at radius 1 is 1.29 bits per heavy atom. The smallest absolute Gasteiger partial charge is 0.314 e. The van der Waals surface area contributed by atoms with Gasteiger partial charge in [0.2, 0.25) is 0 Å². The standard InChI is InChI=1S/C19H28N6O3/c20-12-15-2-1-4-21-18(15)22-5-6-23-19(26)24-13-17(16-3-9-28-14-16)25-7-10-27-11-8-25/h1-2,4,16-17H,3,5-11,13-14H2,(H,21,22)(H2,23,24,26). The van der Waals surface area contributed by atoms with Gasteiger partial charge in [0.15, 0.2) is 0 Å². The molecule has 0 spiro atoms. The van der Waals surface area contributed by atoms with E-state index in [1.807, 2.05) is 0 Å². The van der Waals surface area contributed by atoms with Gasteiger partial charge in [-0.05, 0) is 18.6 Å². The molecule has 9 nitrogen and oxygen atoms in total. The van der Waals surface area contributed by atoms with Crippen LogP contribution in [0.25, 0.3) is 0 Å². The third-order valence-corrected chi connectivity index (χ3v) is 5.13. The van der Waals surface area contributed by atoms with Crippen LogP contribution in [0.4, 0.5) is 10.6 Å². The van der Waals surface area contributed by atoms with Crippen LogP contribution in [0.3, 0.4) is 0 Å². The summed E-state index contributed by atoms with van der Waals surface area (Å²) in [7, 11) is 0. The zero-order valence-electron chi connectivity index (χ0n) is 16.0. The van der Waals surface area contributed by atoms with E-state index >= 15 is 0 Å². The van der Waals surface area contributed by atoms with Gasteiger partial charge in [0.25, 0.3) is 0 Å². The minimum Gasteiger partial charge on any atom is -0.381 e. The highest BCUT2D eigenvalue weighted by molar-refractivity contribution is 5.73. The van der Waals surface area contributed by atoms with Crippen molar-refractivity contribution in [2.75, 3.05) is 64.5 Å². The fourth-order valence-corrected chi connectivity index (χ4v) is 3.61. The maximum absolute atomic E-state index is 12.2. The molecule has 2 atom stereocenters. The average molecular weight is 388 g/mol. The van der Waals surface area contributed by atoms with E-state index in [9.17, 15) is 4.79 Å². The molecule has 0 aliphatic carbocycles. The van der Waals surface area contributed by atoms with E-state index in [2.05, 4.69) is 31.9 Å². The van der Waals surface area contributed by atoms with Gasteiger partial charge in [0.1, 0.15) is 11.9 Å². The van der Waals surface area contributed by atoms with Crippen LogP contribution in [0.5, 0.6) is 0 Å². The first-order chi connectivity index (χ1) is 13.8. The number of nitrogens with zero attached hydrogens (tertiary/aromatic N) is 3. The van der Waals surface area contributed by atoms with Crippen LogP contribution in [0.2, 0.25) is 0 Å². The van der Waals surface area contributed by atoms with Gasteiger partial charge in [0.05, 0.1) is 25.4 Å². The number of nitrogens with one attached hydrogen (secondary N) is 3. The first-order valence-electron chi connectivity index (χ1n) is 9.78. The second-order valence-corrected chi connectivity index (χ2v) is 6.91. The first-order valence-corrected chi connectivity index (χ1v) is 9.78. The van der Waals surface area contributed by atoms with E-state index in [-0.39, 0.29) is 12.1 Å². The molecule has 1 aromatic rings. The lowest BCUT2D eigenvalue weighted by Crippen LogP contribution is -2.53. The van der Waals surface area contributed by atoms with Crippen molar-refractivity contribution in [2.24, 2.45) is 5.92 Å². The van der Waals surface area contributed by atoms with Crippen molar-refractivity contribution in [1.29, 1.82) is 5.26 Å². The summed E-state index contributed by atoms with van der Waals surface area (Å²) in [6.45, 7) is 6.30. The van der Waals surface area contributed by atoms with Gasteiger partial charge in [-0.2, -0.15) is 5.26 Å². The highest BCUT2D eigenvalue weighted by Crippen LogP contribution is 2.21. The number of morpholine rings is 1. The molecule has 0 bridgehead atoms. The molecule has 2 fully saturated rings. The Balaban J connectivity index is 1.40. The van der Waals surface area contributed by atoms with E-state index in [1.54, 1.807) is 18.3 Å². The van der Waals surface area contributed by atoms with Gasteiger partial charge in [-0.1, -0.05) is 0 Å². The Labute approximate surface area is 165 Å². The Hall–Kier alpha value is -2.41. The fraction of sp³-hybridized carbons (Fsp3) is 0.632. The highest BCUT2D eigenvalue weighted by atomic mass is 16.5. The van der Waals surface area contributed by atoms with Gasteiger partial charge < -0.3 is 25.4 Å². The zero-order valence-corrected chi connectivity index (χ0v) is 16.0. The molecule has 2 unspecified atom stereocenters. The molecule has 2 saturated heterocycles. The summed E-state index contributed by atoms with van der Waals surface area (Å²) in [5.74, 6) is 0.967. The van der Waals surface area contributed by atoms with Gasteiger partial charge in [-0.3, -0.25) is 4.90 Å². The zero-order chi connectivity index (χ0) is 19.6. The number of carbonyl (C=O) groups excluding carboxylic acids is 1. The monoisotopic (exact) mass is 388 g/mol. The maximum Gasteiger partial charge on any atom is 0.314 e. The van der Waals surface area contributed by atoms with Crippen molar-refractivity contribution in [3.63, 3.8) is 0 Å². The van der Waals surface area contributed by atoms with Crippen molar-refractivity contribution in [2.45, 2.75) is 12.5 Å². The molecule has 2 aliphatic rings. The number of urea groups is 1. The minimum absolute atomic E-state index is 0.194. The van der Waals surface area contributed by atoms with Gasteiger partial charge in [0, 0.05) is 57.5 Å². The van der Waals surface area contributed by atoms with Crippen molar-refractivity contribution < 1.29 is 14.3 Å². The van der Waals surface area contributed by atoms with Crippen molar-refractivity contribution in [3.8, 4) is 6.07 Å². The van der Waals surface area contributed by atoms with E-state index in [0.29, 0.717) is 36.9 Å². The number of hydrogen-bond donors (Lipinski definition) is 3. The summed E-state index contributed by atoms with van der Waals surface area (Å²) >= 11 is 0. The molecule has 3 heterocycles. The third-order valence-electron chi connectivity index (χ3n) is 5.13. The lowest BCUT2D eigenvalue weighted by Gasteiger charge is -2.37. The largest absolute Gasteiger partial charge is 0.381 e. The van der Waals surface area contributed by atoms with Crippen LogP contribution in [0, 0.1) is 17.2 Å². The normalized spacial score (nSPS) is 20.9. The van der Waals surface area contributed by atoms with Crippen LogP contribution in [0.1, 0.15) is 12.0 Å². The molecule has 3 N–H and O–H groups in total. The summed E-state index contributed by atoms with van der Waals surface area (Å²) < 4.78 is 11.0. The number of pyridine rings is 1. The Bertz CT molecular complexity index is 668. The van der Waals surface area contributed by atoms with Crippen molar-refractivity contribution in [3.05, 3.63) is 23.9 Å². The third kappa shape index (κ3) is 5.79. The second kappa shape index (κ2) is 10.8. The predicted octanol–water partition coefficient (Wildman–Crippen LogP) is 0.402. The molecule has 2 amide bonds. The maximum atomic E-state index is 12.2. The van der Waals surface area contributed by atoms with Gasteiger partial charge in [-0.25, -0.2) is 9.78 Å². The summed E-state index contributed by atoms with van der Waals surface area (Å²) in [6, 6.07) is 5.58. The summed E-state index contributed by atoms with van der Waals surface area (Å²) in [5, 5.41) is 18.0. The number of aromatic nitrogens is 1. The second-order valence-electron chi connectivity index (χ2n) is 6.91. The molecule has 2 aliphatic heterocycles. The van der Waals surface area contributed by atoms with Crippen LogP contribution < -0.4 is 16.0 Å². The molecule has 9 heteroatoms. The first kappa shape index (κ1) is 20.3. The summed E-state index contributed by atoms with van der Waals surface area (Å²) in [6.07, 6.45) is 2.66. The van der Waals surface area contributed by atoms with E-state index < -0.39 is 0 Å². The minimum atomic E-state index is -0.194. The molecule has 0 aromatic carbocycles. The van der Waals surface area contributed by atoms with E-state index in [0.717, 1.165) is 45.9 Å². The van der Waals surface area contributed by atoms with Crippen LogP contribution in [0.15, 0.2) is 18.3 Å². The quantitative estimate of drug-likeness (QED) is 0.553. The molecule has 152 valence electrons. The topological polar surface area (TPSA) is 112 Å². The fourth-order valence-electron chi connectivity index (χ4n) is 3.61.